The third kappa shape index (κ3) is 2.73. The van der Waals surface area contributed by atoms with Crippen molar-refractivity contribution in [3.05, 3.63) is 88.2 Å². The number of nitrogens with zero attached hydrogens (tertiary/aromatic N) is 6. The van der Waals surface area contributed by atoms with Crippen LogP contribution in [-0.2, 0) is 6.54 Å². The molecule has 0 fully saturated rings. The van der Waals surface area contributed by atoms with Crippen LogP contribution in [0.15, 0.2) is 71.9 Å². The Kier molecular flexibility index (Phi) is 3.87. The number of fused-ring (bicyclic) bond motifs is 3. The molecule has 0 saturated carbocycles. The van der Waals surface area contributed by atoms with Gasteiger partial charge in [0.05, 0.1) is 28.2 Å². The highest BCUT2D eigenvalue weighted by atomic mass is 35.5. The van der Waals surface area contributed by atoms with Gasteiger partial charge in [0.2, 0.25) is 0 Å². The van der Waals surface area contributed by atoms with E-state index in [1.807, 2.05) is 42.5 Å². The molecule has 5 aromatic rings. The third-order valence-corrected chi connectivity index (χ3v) is 4.81. The molecular formula is C20H13ClN6O. The number of hydrogen-bond donors (Lipinski definition) is 0. The zero-order valence-electron chi connectivity index (χ0n) is 14.5. The summed E-state index contributed by atoms with van der Waals surface area (Å²) in [7, 11) is 0. The van der Waals surface area contributed by atoms with Crippen LogP contribution >= 0.6 is 11.6 Å². The Morgan fingerprint density at radius 1 is 1.00 bits per heavy atom. The molecule has 0 radical (unpaired) electrons. The van der Waals surface area contributed by atoms with E-state index in [9.17, 15) is 4.79 Å². The second-order valence-corrected chi connectivity index (χ2v) is 6.66. The van der Waals surface area contributed by atoms with E-state index in [1.54, 1.807) is 27.5 Å². The fourth-order valence-electron chi connectivity index (χ4n) is 3.11. The van der Waals surface area contributed by atoms with Crippen molar-refractivity contribution in [2.45, 2.75) is 6.54 Å². The van der Waals surface area contributed by atoms with Crippen LogP contribution in [0.4, 0.5) is 0 Å². The lowest BCUT2D eigenvalue weighted by Crippen LogP contribution is -2.21. The molecule has 7 nitrogen and oxygen atoms in total. The summed E-state index contributed by atoms with van der Waals surface area (Å²) in [5.74, 6) is 0.868. The molecule has 0 unspecified atom stereocenters. The molecule has 0 aliphatic carbocycles. The largest absolute Gasteiger partial charge is 0.309 e. The first kappa shape index (κ1) is 16.6. The topological polar surface area (TPSA) is 78.0 Å². The summed E-state index contributed by atoms with van der Waals surface area (Å²) in [5.41, 5.74) is 2.00. The van der Waals surface area contributed by atoms with Crippen LogP contribution in [0.2, 0.25) is 5.02 Å². The molecule has 0 atom stereocenters. The van der Waals surface area contributed by atoms with Crippen molar-refractivity contribution in [3.63, 3.8) is 0 Å². The van der Waals surface area contributed by atoms with Gasteiger partial charge in [0.1, 0.15) is 0 Å². The Morgan fingerprint density at radius 3 is 2.68 bits per heavy atom. The predicted octanol–water partition coefficient (Wildman–Crippen LogP) is 3.20. The molecule has 0 aliphatic rings. The van der Waals surface area contributed by atoms with Crippen molar-refractivity contribution in [1.82, 2.24) is 29.1 Å². The van der Waals surface area contributed by atoms with E-state index < -0.39 is 0 Å². The highest BCUT2D eigenvalue weighted by molar-refractivity contribution is 6.33. The summed E-state index contributed by atoms with van der Waals surface area (Å²) in [5, 5.41) is 5.54. The Bertz CT molecular complexity index is 1380. The van der Waals surface area contributed by atoms with Gasteiger partial charge in [-0.3, -0.25) is 9.78 Å². The lowest BCUT2D eigenvalue weighted by Gasteiger charge is -2.07. The van der Waals surface area contributed by atoms with Crippen molar-refractivity contribution in [1.29, 1.82) is 0 Å². The normalized spacial score (nSPS) is 11.3. The zero-order valence-corrected chi connectivity index (χ0v) is 15.3. The molecule has 4 aromatic heterocycles. The second kappa shape index (κ2) is 6.54. The average Bonchev–Trinajstić information content (AvgIpc) is 3.15. The van der Waals surface area contributed by atoms with Gasteiger partial charge < -0.3 is 4.57 Å². The van der Waals surface area contributed by atoms with Crippen molar-refractivity contribution in [2.24, 2.45) is 0 Å². The minimum atomic E-state index is -0.160. The van der Waals surface area contributed by atoms with Gasteiger partial charge in [-0.2, -0.15) is 9.50 Å². The molecule has 8 heteroatoms. The van der Waals surface area contributed by atoms with E-state index in [4.69, 9.17) is 11.6 Å². The van der Waals surface area contributed by atoms with Crippen LogP contribution in [0, 0.1) is 0 Å². The summed E-state index contributed by atoms with van der Waals surface area (Å²) in [4.78, 5) is 26.0. The van der Waals surface area contributed by atoms with Crippen molar-refractivity contribution in [2.75, 3.05) is 0 Å². The first-order valence-corrected chi connectivity index (χ1v) is 8.98. The average molecular weight is 389 g/mol. The van der Waals surface area contributed by atoms with Crippen LogP contribution in [0.3, 0.4) is 0 Å². The van der Waals surface area contributed by atoms with Gasteiger partial charge in [0.15, 0.2) is 5.82 Å². The molecule has 4 heterocycles. The Morgan fingerprint density at radius 2 is 1.86 bits per heavy atom. The summed E-state index contributed by atoms with van der Waals surface area (Å²) in [6.45, 7) is 0.385. The molecule has 0 bridgehead atoms. The smallest absolute Gasteiger partial charge is 0.261 e. The summed E-state index contributed by atoms with van der Waals surface area (Å²) < 4.78 is 3.17. The molecule has 5 rings (SSSR count). The van der Waals surface area contributed by atoms with Gasteiger partial charge in [-0.05, 0) is 30.3 Å². The van der Waals surface area contributed by atoms with Crippen LogP contribution in [-0.4, -0.2) is 29.1 Å². The number of halogens is 1. The van der Waals surface area contributed by atoms with Crippen LogP contribution in [0.1, 0.15) is 5.69 Å². The maximum atomic E-state index is 12.9. The maximum absolute atomic E-state index is 12.9. The van der Waals surface area contributed by atoms with E-state index >= 15 is 0 Å². The Hall–Kier alpha value is -3.58. The minimum absolute atomic E-state index is 0.160. The monoisotopic (exact) mass is 388 g/mol. The molecular weight excluding hydrogens is 376 g/mol. The summed E-state index contributed by atoms with van der Waals surface area (Å²) in [6.07, 6.45) is 4.97. The van der Waals surface area contributed by atoms with E-state index in [2.05, 4.69) is 20.1 Å². The number of benzene rings is 1. The van der Waals surface area contributed by atoms with Crippen LogP contribution in [0.5, 0.6) is 0 Å². The lowest BCUT2D eigenvalue weighted by atomic mass is 10.2. The van der Waals surface area contributed by atoms with E-state index in [1.165, 1.54) is 6.20 Å². The highest BCUT2D eigenvalue weighted by Crippen LogP contribution is 2.25. The SMILES string of the molecule is O=c1c2cnc3nc(-c4ccccc4Cl)nn3c2ccn1Cc1ccccn1. The van der Waals surface area contributed by atoms with E-state index in [0.717, 1.165) is 5.69 Å². The molecule has 0 N–H and O–H groups in total. The van der Waals surface area contributed by atoms with Gasteiger partial charge in [0.25, 0.3) is 11.3 Å². The first-order chi connectivity index (χ1) is 13.7. The standard InChI is InChI=1S/C20H13ClN6O/c21-16-7-2-1-6-14(16)18-24-20-23-11-15-17(27(20)25-18)8-10-26(19(15)28)12-13-5-3-4-9-22-13/h1-11H,12H2. The van der Waals surface area contributed by atoms with Gasteiger partial charge in [0, 0.05) is 24.2 Å². The summed E-state index contributed by atoms with van der Waals surface area (Å²) in [6, 6.07) is 14.8. The van der Waals surface area contributed by atoms with E-state index in [-0.39, 0.29) is 5.56 Å². The number of hydrogen-bond acceptors (Lipinski definition) is 5. The van der Waals surface area contributed by atoms with Gasteiger partial charge in [-0.25, -0.2) is 4.98 Å². The lowest BCUT2D eigenvalue weighted by molar-refractivity contribution is 0.745. The Balaban J connectivity index is 1.66. The van der Waals surface area contributed by atoms with Crippen molar-refractivity contribution < 1.29 is 0 Å². The fourth-order valence-corrected chi connectivity index (χ4v) is 3.33. The van der Waals surface area contributed by atoms with Crippen LogP contribution < -0.4 is 5.56 Å². The fraction of sp³-hybridized carbons (Fsp3) is 0.0500. The molecule has 0 aliphatic heterocycles. The summed E-state index contributed by atoms with van der Waals surface area (Å²) >= 11 is 6.26. The van der Waals surface area contributed by atoms with Gasteiger partial charge >= 0.3 is 0 Å². The van der Waals surface area contributed by atoms with Crippen molar-refractivity contribution >= 4 is 28.3 Å². The molecule has 136 valence electrons. The molecule has 0 spiro atoms. The Labute approximate surface area is 163 Å². The van der Waals surface area contributed by atoms with Gasteiger partial charge in [-0.15, -0.1) is 5.10 Å². The van der Waals surface area contributed by atoms with Crippen molar-refractivity contribution in [3.8, 4) is 11.4 Å². The van der Waals surface area contributed by atoms with Gasteiger partial charge in [-0.1, -0.05) is 29.8 Å². The maximum Gasteiger partial charge on any atom is 0.261 e. The zero-order chi connectivity index (χ0) is 19.1. The number of rotatable bonds is 3. The third-order valence-electron chi connectivity index (χ3n) is 4.48. The number of aromatic nitrogens is 6. The first-order valence-electron chi connectivity index (χ1n) is 8.60. The van der Waals surface area contributed by atoms with E-state index in [0.29, 0.717) is 39.6 Å². The second-order valence-electron chi connectivity index (χ2n) is 6.25. The highest BCUT2D eigenvalue weighted by Gasteiger charge is 2.14. The molecule has 1 aromatic carbocycles. The molecule has 0 saturated heterocycles. The molecule has 0 amide bonds. The minimum Gasteiger partial charge on any atom is -0.309 e. The number of pyridine rings is 2. The quantitative estimate of drug-likeness (QED) is 0.474. The predicted molar refractivity (Wildman–Crippen MR) is 106 cm³/mol. The molecule has 28 heavy (non-hydrogen) atoms. The van der Waals surface area contributed by atoms with Crippen LogP contribution in [0.25, 0.3) is 28.1 Å².